The number of nitrogens with two attached hydrogens (primary N) is 1. The Hall–Kier alpha value is -1.52. The van der Waals surface area contributed by atoms with Gasteiger partial charge in [-0.15, -0.1) is 0 Å². The molecule has 4 N–H and O–H groups in total. The number of nitrogens with one attached hydrogen (secondary N) is 2. The predicted octanol–water partition coefficient (Wildman–Crippen LogP) is 2.87. The lowest BCUT2D eigenvalue weighted by atomic mass is 9.89. The van der Waals surface area contributed by atoms with Crippen LogP contribution in [0.1, 0.15) is 46.0 Å². The lowest BCUT2D eigenvalue weighted by Crippen LogP contribution is -2.23. The van der Waals surface area contributed by atoms with Gasteiger partial charge in [0.1, 0.15) is 11.6 Å². The molecule has 5 heteroatoms. The van der Waals surface area contributed by atoms with Crippen LogP contribution in [-0.4, -0.2) is 23.1 Å². The normalized spacial score (nSPS) is 17.4. The molecular formula is C14H25N5. The maximum absolute atomic E-state index is 5.75. The van der Waals surface area contributed by atoms with Crippen LogP contribution in [-0.2, 0) is 0 Å². The van der Waals surface area contributed by atoms with E-state index in [1.54, 1.807) is 0 Å². The fourth-order valence-corrected chi connectivity index (χ4v) is 2.61. The van der Waals surface area contributed by atoms with Crippen LogP contribution in [0.25, 0.3) is 0 Å². The molecule has 5 nitrogen and oxygen atoms in total. The van der Waals surface area contributed by atoms with Gasteiger partial charge in [-0.3, -0.25) is 0 Å². The van der Waals surface area contributed by atoms with E-state index in [9.17, 15) is 0 Å². The van der Waals surface area contributed by atoms with Crippen LogP contribution in [0.15, 0.2) is 6.07 Å². The van der Waals surface area contributed by atoms with Crippen molar-refractivity contribution in [1.29, 1.82) is 0 Å². The summed E-state index contributed by atoms with van der Waals surface area (Å²) >= 11 is 0. The van der Waals surface area contributed by atoms with Crippen molar-refractivity contribution >= 4 is 17.6 Å². The quantitative estimate of drug-likeness (QED) is 0.735. The van der Waals surface area contributed by atoms with Gasteiger partial charge in [-0.05, 0) is 24.7 Å². The van der Waals surface area contributed by atoms with Gasteiger partial charge in [0.15, 0.2) is 0 Å². The molecule has 0 aromatic carbocycles. The number of hydrogen-bond donors (Lipinski definition) is 3. The van der Waals surface area contributed by atoms with E-state index in [1.165, 1.54) is 25.7 Å². The van der Waals surface area contributed by atoms with Gasteiger partial charge in [0.2, 0.25) is 5.95 Å². The lowest BCUT2D eigenvalue weighted by molar-refractivity contribution is 0.361. The van der Waals surface area contributed by atoms with Gasteiger partial charge in [-0.25, -0.2) is 0 Å². The Balaban J connectivity index is 1.97. The van der Waals surface area contributed by atoms with Crippen molar-refractivity contribution in [2.24, 2.45) is 5.41 Å². The predicted molar refractivity (Wildman–Crippen MR) is 80.3 cm³/mol. The van der Waals surface area contributed by atoms with Crippen LogP contribution in [0.3, 0.4) is 0 Å². The summed E-state index contributed by atoms with van der Waals surface area (Å²) in [6.07, 6.45) is 6.33. The van der Waals surface area contributed by atoms with E-state index >= 15 is 0 Å². The third kappa shape index (κ3) is 3.98. The second-order valence-electron chi connectivity index (χ2n) is 5.79. The number of nitrogen functional groups attached to an aromatic ring is 1. The van der Waals surface area contributed by atoms with Gasteiger partial charge in [-0.1, -0.05) is 26.7 Å². The van der Waals surface area contributed by atoms with E-state index in [-0.39, 0.29) is 0 Å². The van der Waals surface area contributed by atoms with Crippen molar-refractivity contribution in [3.8, 4) is 0 Å². The molecule has 0 amide bonds. The third-order valence-corrected chi connectivity index (χ3v) is 3.81. The van der Waals surface area contributed by atoms with Gasteiger partial charge in [0, 0.05) is 19.2 Å². The summed E-state index contributed by atoms with van der Waals surface area (Å²) in [5.41, 5.74) is 6.15. The molecule has 0 unspecified atom stereocenters. The molecule has 0 spiro atoms. The Morgan fingerprint density at radius 2 is 1.84 bits per heavy atom. The molecule has 1 aromatic heterocycles. The first-order chi connectivity index (χ1) is 9.11. The zero-order chi connectivity index (χ0) is 13.7. The lowest BCUT2D eigenvalue weighted by Gasteiger charge is -2.24. The average Bonchev–Trinajstić information content (AvgIpc) is 2.81. The molecule has 1 heterocycles. The molecule has 1 aliphatic carbocycles. The molecule has 0 saturated heterocycles. The third-order valence-electron chi connectivity index (χ3n) is 3.81. The topological polar surface area (TPSA) is 75.9 Å². The minimum atomic E-state index is 0.320. The summed E-state index contributed by atoms with van der Waals surface area (Å²) in [6, 6.07) is 1.93. The van der Waals surface area contributed by atoms with Crippen molar-refractivity contribution in [1.82, 2.24) is 9.97 Å². The maximum atomic E-state index is 5.75. The number of anilines is 3. The first-order valence-corrected chi connectivity index (χ1v) is 7.24. The molecular weight excluding hydrogens is 238 g/mol. The summed E-state index contributed by atoms with van der Waals surface area (Å²) in [7, 11) is 0. The van der Waals surface area contributed by atoms with Crippen LogP contribution < -0.4 is 16.4 Å². The van der Waals surface area contributed by atoms with Crippen molar-refractivity contribution < 1.29 is 0 Å². The smallest absolute Gasteiger partial charge is 0.223 e. The van der Waals surface area contributed by atoms with E-state index in [0.29, 0.717) is 11.4 Å². The molecule has 19 heavy (non-hydrogen) atoms. The van der Waals surface area contributed by atoms with Crippen molar-refractivity contribution in [3.63, 3.8) is 0 Å². The number of aromatic nitrogens is 2. The SMILES string of the molecule is CCCNc1cc(NCC2(C)CCCC2)nc(N)n1. The summed E-state index contributed by atoms with van der Waals surface area (Å²) in [6.45, 7) is 6.32. The van der Waals surface area contributed by atoms with Crippen LogP contribution in [0.4, 0.5) is 17.6 Å². The molecule has 1 saturated carbocycles. The zero-order valence-corrected chi connectivity index (χ0v) is 12.0. The zero-order valence-electron chi connectivity index (χ0n) is 12.0. The summed E-state index contributed by atoms with van der Waals surface area (Å²) in [5, 5.41) is 6.66. The van der Waals surface area contributed by atoms with E-state index in [1.807, 2.05) is 6.07 Å². The summed E-state index contributed by atoms with van der Waals surface area (Å²) in [5.74, 6) is 1.94. The molecule has 2 rings (SSSR count). The van der Waals surface area contributed by atoms with Crippen LogP contribution >= 0.6 is 0 Å². The molecule has 1 fully saturated rings. The highest BCUT2D eigenvalue weighted by atomic mass is 15.1. The molecule has 1 aromatic rings. The fraction of sp³-hybridized carbons (Fsp3) is 0.714. The fourth-order valence-electron chi connectivity index (χ4n) is 2.61. The second-order valence-corrected chi connectivity index (χ2v) is 5.79. The molecule has 0 radical (unpaired) electrons. The van der Waals surface area contributed by atoms with Crippen molar-refractivity contribution in [3.05, 3.63) is 6.07 Å². The minimum Gasteiger partial charge on any atom is -0.370 e. The highest BCUT2D eigenvalue weighted by Gasteiger charge is 2.28. The molecule has 0 bridgehead atoms. The Kier molecular flexibility index (Phi) is 4.45. The minimum absolute atomic E-state index is 0.320. The van der Waals surface area contributed by atoms with E-state index in [2.05, 4.69) is 34.4 Å². The first-order valence-electron chi connectivity index (χ1n) is 7.24. The number of rotatable bonds is 6. The van der Waals surface area contributed by atoms with Gasteiger partial charge in [0.05, 0.1) is 0 Å². The monoisotopic (exact) mass is 263 g/mol. The van der Waals surface area contributed by atoms with Gasteiger partial charge >= 0.3 is 0 Å². The maximum Gasteiger partial charge on any atom is 0.223 e. The van der Waals surface area contributed by atoms with E-state index < -0.39 is 0 Å². The van der Waals surface area contributed by atoms with Crippen LogP contribution in [0.5, 0.6) is 0 Å². The number of nitrogens with zero attached hydrogens (tertiary/aromatic N) is 2. The van der Waals surface area contributed by atoms with Crippen molar-refractivity contribution in [2.75, 3.05) is 29.5 Å². The van der Waals surface area contributed by atoms with Gasteiger partial charge in [0.25, 0.3) is 0 Å². The Labute approximate surface area is 115 Å². The number of hydrogen-bond acceptors (Lipinski definition) is 5. The molecule has 106 valence electrons. The highest BCUT2D eigenvalue weighted by Crippen LogP contribution is 2.37. The Morgan fingerprint density at radius 1 is 1.21 bits per heavy atom. The van der Waals surface area contributed by atoms with Gasteiger partial charge in [-0.2, -0.15) is 9.97 Å². The van der Waals surface area contributed by atoms with Crippen LogP contribution in [0, 0.1) is 5.41 Å². The van der Waals surface area contributed by atoms with E-state index in [4.69, 9.17) is 5.73 Å². The highest BCUT2D eigenvalue weighted by molar-refractivity contribution is 5.51. The summed E-state index contributed by atoms with van der Waals surface area (Å²) in [4.78, 5) is 8.43. The first kappa shape index (κ1) is 13.9. The molecule has 1 aliphatic rings. The Bertz CT molecular complexity index is 412. The van der Waals surface area contributed by atoms with Gasteiger partial charge < -0.3 is 16.4 Å². The van der Waals surface area contributed by atoms with E-state index in [0.717, 1.165) is 31.1 Å². The Morgan fingerprint density at radius 3 is 2.47 bits per heavy atom. The molecule has 0 aliphatic heterocycles. The van der Waals surface area contributed by atoms with Crippen molar-refractivity contribution in [2.45, 2.75) is 46.0 Å². The average molecular weight is 263 g/mol. The second kappa shape index (κ2) is 6.08. The standard InChI is InChI=1S/C14H25N5/c1-3-8-16-11-9-12(19-13(15)18-11)17-10-14(2)6-4-5-7-14/h9H,3-8,10H2,1-2H3,(H4,15,16,17,18,19). The van der Waals surface area contributed by atoms with Crippen LogP contribution in [0.2, 0.25) is 0 Å². The largest absolute Gasteiger partial charge is 0.370 e. The molecule has 0 atom stereocenters. The summed E-state index contributed by atoms with van der Waals surface area (Å²) < 4.78 is 0.